The van der Waals surface area contributed by atoms with Crippen molar-refractivity contribution in [2.75, 3.05) is 13.1 Å². The molecule has 0 atom stereocenters. The van der Waals surface area contributed by atoms with Crippen molar-refractivity contribution in [2.45, 2.75) is 18.9 Å². The number of carbonyl (C=O) groups is 1. The van der Waals surface area contributed by atoms with E-state index >= 15 is 0 Å². The van der Waals surface area contributed by atoms with Crippen LogP contribution in [0.2, 0.25) is 0 Å². The lowest BCUT2D eigenvalue weighted by atomic mass is 9.90. The Hall–Kier alpha value is -2.14. The molecule has 0 spiro atoms. The summed E-state index contributed by atoms with van der Waals surface area (Å²) in [6, 6.07) is 9.64. The SMILES string of the molecule is CCC1(O)CN(C(=O)c2cn[nH]c2-c2ccccc2)C1. The summed E-state index contributed by atoms with van der Waals surface area (Å²) in [7, 11) is 0. The average molecular weight is 271 g/mol. The molecule has 1 aromatic carbocycles. The summed E-state index contributed by atoms with van der Waals surface area (Å²) in [5.41, 5.74) is 1.49. The summed E-state index contributed by atoms with van der Waals surface area (Å²) in [6.07, 6.45) is 2.21. The van der Waals surface area contributed by atoms with Crippen LogP contribution in [0.5, 0.6) is 0 Å². The van der Waals surface area contributed by atoms with E-state index in [1.807, 2.05) is 37.3 Å². The van der Waals surface area contributed by atoms with Crippen molar-refractivity contribution in [3.8, 4) is 11.3 Å². The fraction of sp³-hybridized carbons (Fsp3) is 0.333. The zero-order chi connectivity index (χ0) is 14.2. The van der Waals surface area contributed by atoms with Gasteiger partial charge in [-0.05, 0) is 6.42 Å². The Labute approximate surface area is 117 Å². The van der Waals surface area contributed by atoms with E-state index in [2.05, 4.69) is 10.2 Å². The molecule has 104 valence electrons. The van der Waals surface area contributed by atoms with Crippen molar-refractivity contribution in [1.29, 1.82) is 0 Å². The molecule has 0 saturated carbocycles. The van der Waals surface area contributed by atoms with E-state index in [-0.39, 0.29) is 5.91 Å². The predicted octanol–water partition coefficient (Wildman–Crippen LogP) is 1.67. The van der Waals surface area contributed by atoms with Gasteiger partial charge in [0.05, 0.1) is 36.1 Å². The number of nitrogens with one attached hydrogen (secondary N) is 1. The van der Waals surface area contributed by atoms with E-state index in [0.29, 0.717) is 25.1 Å². The highest BCUT2D eigenvalue weighted by Gasteiger charge is 2.42. The number of amides is 1. The maximum absolute atomic E-state index is 12.4. The summed E-state index contributed by atoms with van der Waals surface area (Å²) in [5, 5.41) is 16.9. The molecule has 2 N–H and O–H groups in total. The Kier molecular flexibility index (Phi) is 3.06. The zero-order valence-corrected chi connectivity index (χ0v) is 11.3. The number of hydrogen-bond donors (Lipinski definition) is 2. The van der Waals surface area contributed by atoms with Gasteiger partial charge in [-0.3, -0.25) is 9.89 Å². The van der Waals surface area contributed by atoms with Crippen molar-refractivity contribution in [3.05, 3.63) is 42.1 Å². The molecular weight excluding hydrogens is 254 g/mol. The van der Waals surface area contributed by atoms with Crippen LogP contribution in [0.1, 0.15) is 23.7 Å². The molecule has 5 nitrogen and oxygen atoms in total. The summed E-state index contributed by atoms with van der Waals surface area (Å²) in [5.74, 6) is -0.0873. The number of β-amino-alcohol motifs (C(OH)–C–C–N with tert-alkyl or cyclic N) is 1. The molecule has 1 amide bonds. The van der Waals surface area contributed by atoms with Gasteiger partial charge < -0.3 is 10.0 Å². The van der Waals surface area contributed by atoms with Crippen LogP contribution in [0.15, 0.2) is 36.5 Å². The second kappa shape index (κ2) is 4.76. The molecule has 5 heteroatoms. The first-order chi connectivity index (χ1) is 9.63. The summed E-state index contributed by atoms with van der Waals surface area (Å²) < 4.78 is 0. The molecule has 1 aliphatic rings. The minimum atomic E-state index is -0.716. The molecule has 1 fully saturated rings. The third-order valence-corrected chi connectivity index (χ3v) is 3.85. The maximum Gasteiger partial charge on any atom is 0.257 e. The van der Waals surface area contributed by atoms with Gasteiger partial charge in [-0.25, -0.2) is 0 Å². The fourth-order valence-corrected chi connectivity index (χ4v) is 2.47. The Morgan fingerprint density at radius 2 is 2.10 bits per heavy atom. The molecule has 3 rings (SSSR count). The molecule has 0 bridgehead atoms. The summed E-state index contributed by atoms with van der Waals surface area (Å²) in [4.78, 5) is 14.1. The standard InChI is InChI=1S/C15H17N3O2/c1-2-15(20)9-18(10-15)14(19)12-8-16-17-13(12)11-6-4-3-5-7-11/h3-8,20H,2,9-10H2,1H3,(H,16,17). The van der Waals surface area contributed by atoms with E-state index in [0.717, 1.165) is 11.3 Å². The van der Waals surface area contributed by atoms with E-state index in [1.54, 1.807) is 11.1 Å². The minimum absolute atomic E-state index is 0.0873. The van der Waals surface area contributed by atoms with E-state index in [9.17, 15) is 9.90 Å². The second-order valence-electron chi connectivity index (χ2n) is 5.26. The first-order valence-electron chi connectivity index (χ1n) is 6.73. The number of carbonyl (C=O) groups excluding carboxylic acids is 1. The van der Waals surface area contributed by atoms with Crippen molar-refractivity contribution in [2.24, 2.45) is 0 Å². The summed E-state index contributed by atoms with van der Waals surface area (Å²) >= 11 is 0. The van der Waals surface area contributed by atoms with Gasteiger partial charge in [0.2, 0.25) is 0 Å². The smallest absolute Gasteiger partial charge is 0.257 e. The number of aromatic nitrogens is 2. The Morgan fingerprint density at radius 1 is 1.40 bits per heavy atom. The lowest BCUT2D eigenvalue weighted by Gasteiger charge is -2.46. The highest BCUT2D eigenvalue weighted by atomic mass is 16.3. The number of hydrogen-bond acceptors (Lipinski definition) is 3. The molecular formula is C15H17N3O2. The number of aliphatic hydroxyl groups is 1. The van der Waals surface area contributed by atoms with Crippen LogP contribution < -0.4 is 0 Å². The number of likely N-dealkylation sites (tertiary alicyclic amines) is 1. The van der Waals surface area contributed by atoms with Crippen LogP contribution >= 0.6 is 0 Å². The van der Waals surface area contributed by atoms with Crippen molar-refractivity contribution < 1.29 is 9.90 Å². The molecule has 1 aromatic heterocycles. The van der Waals surface area contributed by atoms with Crippen molar-refractivity contribution >= 4 is 5.91 Å². The monoisotopic (exact) mass is 271 g/mol. The number of benzene rings is 1. The normalized spacial score (nSPS) is 16.8. The maximum atomic E-state index is 12.4. The van der Waals surface area contributed by atoms with Gasteiger partial charge in [-0.1, -0.05) is 37.3 Å². The first-order valence-corrected chi connectivity index (χ1v) is 6.73. The largest absolute Gasteiger partial charge is 0.386 e. The van der Waals surface area contributed by atoms with Gasteiger partial charge in [0, 0.05) is 5.56 Å². The molecule has 0 unspecified atom stereocenters. The van der Waals surface area contributed by atoms with Crippen LogP contribution in [-0.2, 0) is 0 Å². The number of rotatable bonds is 3. The Balaban J connectivity index is 1.83. The van der Waals surface area contributed by atoms with Gasteiger partial charge >= 0.3 is 0 Å². The molecule has 2 aromatic rings. The first kappa shape index (κ1) is 12.9. The molecule has 0 aliphatic carbocycles. The van der Waals surface area contributed by atoms with Crippen LogP contribution in [0, 0.1) is 0 Å². The average Bonchev–Trinajstić information content (AvgIpc) is 2.93. The molecule has 1 aliphatic heterocycles. The van der Waals surface area contributed by atoms with E-state index in [1.165, 1.54) is 0 Å². The topological polar surface area (TPSA) is 69.2 Å². The molecule has 0 radical (unpaired) electrons. The number of aromatic amines is 1. The van der Waals surface area contributed by atoms with Crippen LogP contribution in [0.25, 0.3) is 11.3 Å². The van der Waals surface area contributed by atoms with Crippen molar-refractivity contribution in [1.82, 2.24) is 15.1 Å². The van der Waals surface area contributed by atoms with E-state index in [4.69, 9.17) is 0 Å². The quantitative estimate of drug-likeness (QED) is 0.892. The Bertz CT molecular complexity index is 615. The summed E-state index contributed by atoms with van der Waals surface area (Å²) in [6.45, 7) is 2.71. The highest BCUT2D eigenvalue weighted by Crippen LogP contribution is 2.28. The van der Waals surface area contributed by atoms with Crippen molar-refractivity contribution in [3.63, 3.8) is 0 Å². The van der Waals surface area contributed by atoms with Gasteiger partial charge in [-0.15, -0.1) is 0 Å². The van der Waals surface area contributed by atoms with E-state index < -0.39 is 5.60 Å². The van der Waals surface area contributed by atoms with Gasteiger partial charge in [0.1, 0.15) is 0 Å². The van der Waals surface area contributed by atoms with Crippen LogP contribution in [0.4, 0.5) is 0 Å². The van der Waals surface area contributed by atoms with Gasteiger partial charge in [0.15, 0.2) is 0 Å². The number of nitrogens with zero attached hydrogens (tertiary/aromatic N) is 2. The lowest BCUT2D eigenvalue weighted by Crippen LogP contribution is -2.63. The van der Waals surface area contributed by atoms with Gasteiger partial charge in [-0.2, -0.15) is 5.10 Å². The van der Waals surface area contributed by atoms with Gasteiger partial charge in [0.25, 0.3) is 5.91 Å². The highest BCUT2D eigenvalue weighted by molar-refractivity contribution is 6.00. The number of H-pyrrole nitrogens is 1. The lowest BCUT2D eigenvalue weighted by molar-refractivity contribution is -0.0826. The second-order valence-corrected chi connectivity index (χ2v) is 5.26. The minimum Gasteiger partial charge on any atom is -0.386 e. The zero-order valence-electron chi connectivity index (χ0n) is 11.3. The fourth-order valence-electron chi connectivity index (χ4n) is 2.47. The molecule has 2 heterocycles. The molecule has 1 saturated heterocycles. The third kappa shape index (κ3) is 2.10. The van der Waals surface area contributed by atoms with Crippen LogP contribution in [-0.4, -0.2) is 44.8 Å². The Morgan fingerprint density at radius 3 is 2.75 bits per heavy atom. The molecule has 20 heavy (non-hydrogen) atoms. The third-order valence-electron chi connectivity index (χ3n) is 3.85. The van der Waals surface area contributed by atoms with Crippen LogP contribution in [0.3, 0.4) is 0 Å². The predicted molar refractivity (Wildman–Crippen MR) is 75.2 cm³/mol.